The van der Waals surface area contributed by atoms with Crippen molar-refractivity contribution in [2.75, 3.05) is 48.4 Å². The van der Waals surface area contributed by atoms with Crippen molar-refractivity contribution in [2.45, 2.75) is 38.3 Å². The first-order valence-corrected chi connectivity index (χ1v) is 11.0. The minimum atomic E-state index is -0.715. The van der Waals surface area contributed by atoms with Crippen LogP contribution in [0.15, 0.2) is 12.4 Å². The number of ether oxygens (including phenoxy) is 2. The lowest BCUT2D eigenvalue weighted by atomic mass is 9.80. The summed E-state index contributed by atoms with van der Waals surface area (Å²) in [5, 5.41) is 0. The van der Waals surface area contributed by atoms with Gasteiger partial charge in [-0.15, -0.1) is 0 Å². The van der Waals surface area contributed by atoms with E-state index in [9.17, 15) is 4.79 Å². The van der Waals surface area contributed by atoms with Gasteiger partial charge in [-0.05, 0) is 32.1 Å². The van der Waals surface area contributed by atoms with Gasteiger partial charge in [0.1, 0.15) is 5.82 Å². The number of nitrogens with zero attached hydrogens (tertiary/aromatic N) is 6. The number of anilines is 3. The number of carbonyl (C=O) groups excluding carboxylic acids is 1. The Morgan fingerprint density at radius 1 is 1.22 bits per heavy atom. The second-order valence-electron chi connectivity index (χ2n) is 8.69. The van der Waals surface area contributed by atoms with Crippen molar-refractivity contribution < 1.29 is 14.3 Å². The molecule has 11 heteroatoms. The van der Waals surface area contributed by atoms with Gasteiger partial charge in [-0.2, -0.15) is 4.98 Å². The van der Waals surface area contributed by atoms with E-state index in [0.29, 0.717) is 37.7 Å². The number of nitrogen functional groups attached to an aromatic ring is 1. The van der Waals surface area contributed by atoms with E-state index < -0.39 is 6.09 Å². The van der Waals surface area contributed by atoms with E-state index in [1.54, 1.807) is 12.4 Å². The summed E-state index contributed by atoms with van der Waals surface area (Å²) in [4.78, 5) is 33.8. The maximum absolute atomic E-state index is 10.9. The van der Waals surface area contributed by atoms with Gasteiger partial charge in [0.2, 0.25) is 11.9 Å². The molecule has 1 amide bonds. The lowest BCUT2D eigenvalue weighted by Gasteiger charge is -2.42. The smallest absolute Gasteiger partial charge is 0.404 e. The molecule has 0 spiro atoms. The van der Waals surface area contributed by atoms with Gasteiger partial charge in [-0.1, -0.05) is 0 Å². The molecule has 170 valence electrons. The first-order chi connectivity index (χ1) is 15.5. The zero-order valence-electron chi connectivity index (χ0n) is 18.1. The molecule has 3 aliphatic rings. The van der Waals surface area contributed by atoms with E-state index in [4.69, 9.17) is 30.9 Å². The van der Waals surface area contributed by atoms with Crippen LogP contribution in [0.4, 0.5) is 22.5 Å². The third kappa shape index (κ3) is 3.88. The van der Waals surface area contributed by atoms with Crippen LogP contribution < -0.4 is 21.3 Å². The lowest BCUT2D eigenvalue weighted by molar-refractivity contribution is 0.0980. The molecule has 2 fully saturated rings. The van der Waals surface area contributed by atoms with Crippen molar-refractivity contribution in [1.82, 2.24) is 19.9 Å². The highest BCUT2D eigenvalue weighted by molar-refractivity contribution is 5.73. The molecule has 1 atom stereocenters. The van der Waals surface area contributed by atoms with Crippen molar-refractivity contribution in [1.29, 1.82) is 0 Å². The summed E-state index contributed by atoms with van der Waals surface area (Å²) in [5.41, 5.74) is 13.6. The summed E-state index contributed by atoms with van der Waals surface area (Å²) in [7, 11) is 0. The Morgan fingerprint density at radius 2 is 2.00 bits per heavy atom. The first kappa shape index (κ1) is 20.7. The van der Waals surface area contributed by atoms with Crippen LogP contribution in [0.1, 0.15) is 25.3 Å². The molecule has 2 aromatic heterocycles. The molecule has 0 bridgehead atoms. The van der Waals surface area contributed by atoms with E-state index in [1.807, 2.05) is 0 Å². The fraction of sp³-hybridized carbons (Fsp3) is 0.571. The zero-order valence-corrected chi connectivity index (χ0v) is 18.1. The molecule has 4 N–H and O–H groups in total. The lowest BCUT2D eigenvalue weighted by Crippen LogP contribution is -2.47. The molecule has 32 heavy (non-hydrogen) atoms. The monoisotopic (exact) mass is 440 g/mol. The number of carbonyl (C=O) groups is 1. The van der Waals surface area contributed by atoms with Gasteiger partial charge < -0.3 is 30.7 Å². The Morgan fingerprint density at radius 3 is 2.72 bits per heavy atom. The third-order valence-electron chi connectivity index (χ3n) is 6.53. The van der Waals surface area contributed by atoms with Crippen LogP contribution >= 0.6 is 0 Å². The molecule has 1 saturated carbocycles. The largest absolute Gasteiger partial charge is 0.449 e. The van der Waals surface area contributed by atoms with Crippen LogP contribution in [0.5, 0.6) is 0 Å². The molecular formula is C21H28N8O3. The number of amides is 1. The zero-order chi connectivity index (χ0) is 22.2. The second-order valence-corrected chi connectivity index (χ2v) is 8.69. The van der Waals surface area contributed by atoms with Gasteiger partial charge in [-0.25, -0.2) is 19.7 Å². The molecular weight excluding hydrogens is 412 g/mol. The second kappa shape index (κ2) is 8.38. The molecule has 11 nitrogen and oxygen atoms in total. The Balaban J connectivity index is 1.46. The van der Waals surface area contributed by atoms with Crippen LogP contribution in [0.3, 0.4) is 0 Å². The topological polar surface area (TPSA) is 146 Å². The number of aromatic nitrogens is 4. The van der Waals surface area contributed by atoms with E-state index in [0.717, 1.165) is 55.0 Å². The molecule has 5 rings (SSSR count). The molecule has 0 radical (unpaired) electrons. The molecule has 1 saturated heterocycles. The van der Waals surface area contributed by atoms with Gasteiger partial charge in [0, 0.05) is 42.7 Å². The molecule has 0 aromatic carbocycles. The van der Waals surface area contributed by atoms with Crippen molar-refractivity contribution in [3.05, 3.63) is 18.0 Å². The fourth-order valence-electron chi connectivity index (χ4n) is 4.76. The Hall–Kier alpha value is -3.21. The standard InChI is InChI=1S/C21H28N8O3/c1-12-10-31-5-4-28(12)21-26-17(14-8-24-19(22)25-9-14)16-2-3-29(18(16)27-21)15-6-13(7-15)11-32-20(23)30/h8-9,12-13,15H,2-7,10-11H2,1H3,(H2,23,30)(H2,22,24,25)/t12-,13-,15+/m0/s1. The first-order valence-electron chi connectivity index (χ1n) is 11.0. The number of hydrogen-bond acceptors (Lipinski definition) is 10. The van der Waals surface area contributed by atoms with Gasteiger partial charge in [-0.3, -0.25) is 0 Å². The van der Waals surface area contributed by atoms with Gasteiger partial charge >= 0.3 is 6.09 Å². The number of morpholine rings is 1. The summed E-state index contributed by atoms with van der Waals surface area (Å²) < 4.78 is 10.6. The van der Waals surface area contributed by atoms with Crippen LogP contribution in [-0.4, -0.2) is 71.0 Å². The Labute approximate surface area is 186 Å². The minimum Gasteiger partial charge on any atom is -0.449 e. The van der Waals surface area contributed by atoms with E-state index >= 15 is 0 Å². The Kier molecular flexibility index (Phi) is 5.41. The highest BCUT2D eigenvalue weighted by Gasteiger charge is 2.39. The predicted octanol–water partition coefficient (Wildman–Crippen LogP) is 0.977. The van der Waals surface area contributed by atoms with Crippen molar-refractivity contribution in [3.8, 4) is 11.3 Å². The molecule has 0 unspecified atom stereocenters. The average molecular weight is 441 g/mol. The van der Waals surface area contributed by atoms with Crippen LogP contribution in [0, 0.1) is 5.92 Å². The number of nitrogens with two attached hydrogens (primary N) is 2. The van der Waals surface area contributed by atoms with Gasteiger partial charge in [0.15, 0.2) is 0 Å². The maximum atomic E-state index is 10.9. The predicted molar refractivity (Wildman–Crippen MR) is 118 cm³/mol. The van der Waals surface area contributed by atoms with Gasteiger partial charge in [0.25, 0.3) is 0 Å². The number of hydrogen-bond donors (Lipinski definition) is 2. The minimum absolute atomic E-state index is 0.186. The maximum Gasteiger partial charge on any atom is 0.404 e. The van der Waals surface area contributed by atoms with E-state index in [2.05, 4.69) is 26.7 Å². The van der Waals surface area contributed by atoms with E-state index in [-0.39, 0.29) is 12.0 Å². The average Bonchev–Trinajstić information content (AvgIpc) is 3.16. The summed E-state index contributed by atoms with van der Waals surface area (Å²) >= 11 is 0. The van der Waals surface area contributed by atoms with Crippen LogP contribution in [-0.2, 0) is 15.9 Å². The van der Waals surface area contributed by atoms with Crippen molar-refractivity contribution >= 4 is 23.8 Å². The SMILES string of the molecule is C[C@H]1COCCN1c1nc(-c2cnc(N)nc2)c2c(n1)N([C@H]1C[C@@H](COC(N)=O)C1)CC2. The number of rotatable bonds is 5. The van der Waals surface area contributed by atoms with Crippen LogP contribution in [0.2, 0.25) is 0 Å². The van der Waals surface area contributed by atoms with Crippen LogP contribution in [0.25, 0.3) is 11.3 Å². The quantitative estimate of drug-likeness (QED) is 0.690. The summed E-state index contributed by atoms with van der Waals surface area (Å²) in [5.74, 6) is 2.25. The van der Waals surface area contributed by atoms with E-state index in [1.165, 1.54) is 0 Å². The Bertz CT molecular complexity index is 995. The fourth-order valence-corrected chi connectivity index (χ4v) is 4.76. The highest BCUT2D eigenvalue weighted by atomic mass is 16.5. The normalized spacial score (nSPS) is 24.7. The van der Waals surface area contributed by atoms with Gasteiger partial charge in [0.05, 0.1) is 31.6 Å². The molecule has 4 heterocycles. The van der Waals surface area contributed by atoms with Crippen molar-refractivity contribution in [2.24, 2.45) is 11.7 Å². The molecule has 2 aliphatic heterocycles. The highest BCUT2D eigenvalue weighted by Crippen LogP contribution is 2.41. The third-order valence-corrected chi connectivity index (χ3v) is 6.53. The summed E-state index contributed by atoms with van der Waals surface area (Å²) in [6, 6.07) is 0.546. The number of primary amides is 1. The summed E-state index contributed by atoms with van der Waals surface area (Å²) in [6.45, 7) is 5.42. The number of fused-ring (bicyclic) bond motifs is 1. The van der Waals surface area contributed by atoms with Crippen molar-refractivity contribution in [3.63, 3.8) is 0 Å². The molecule has 1 aliphatic carbocycles. The summed E-state index contributed by atoms with van der Waals surface area (Å²) in [6.07, 6.45) is 5.47. The molecule has 2 aromatic rings.